The van der Waals surface area contributed by atoms with E-state index in [1.165, 1.54) is 24.3 Å². The van der Waals surface area contributed by atoms with Gasteiger partial charge in [0.2, 0.25) is 0 Å². The quantitative estimate of drug-likeness (QED) is 0.517. The van der Waals surface area contributed by atoms with E-state index in [0.717, 1.165) is 0 Å². The van der Waals surface area contributed by atoms with Crippen molar-refractivity contribution in [2.75, 3.05) is 0 Å². The van der Waals surface area contributed by atoms with E-state index >= 15 is 0 Å². The number of hydrogen-bond donors (Lipinski definition) is 1. The predicted molar refractivity (Wildman–Crippen MR) is 69.9 cm³/mol. The van der Waals surface area contributed by atoms with Crippen LogP contribution in [0.2, 0.25) is 0 Å². The fourth-order valence-electron chi connectivity index (χ4n) is 1.24. The fourth-order valence-corrected chi connectivity index (χ4v) is 1.70. The third-order valence-corrected chi connectivity index (χ3v) is 2.60. The second-order valence-electron chi connectivity index (χ2n) is 4.72. The van der Waals surface area contributed by atoms with Gasteiger partial charge in [-0.15, -0.1) is 0 Å². The van der Waals surface area contributed by atoms with Crippen molar-refractivity contribution in [2.24, 2.45) is 0 Å². The lowest BCUT2D eigenvalue weighted by Gasteiger charge is -2.17. The molecule has 0 N–H and O–H groups in total. The van der Waals surface area contributed by atoms with E-state index in [1.807, 2.05) is 0 Å². The third-order valence-electron chi connectivity index (χ3n) is 1.90. The molecule has 18 heavy (non-hydrogen) atoms. The zero-order chi connectivity index (χ0) is 13.8. The molecule has 0 radical (unpaired) electrons. The minimum absolute atomic E-state index is 0.219. The standard InChI is InChI=1S/C13H16O4S/c1-13(2,3)17-12(14)8-7-10-5-4-6-11(9-10)18(15)16/h4-9,18H,1-3H3/b8-7+. The van der Waals surface area contributed by atoms with E-state index in [2.05, 4.69) is 0 Å². The molecular weight excluding hydrogens is 252 g/mol. The van der Waals surface area contributed by atoms with E-state index in [4.69, 9.17) is 4.74 Å². The summed E-state index contributed by atoms with van der Waals surface area (Å²) in [6, 6.07) is 6.32. The van der Waals surface area contributed by atoms with Crippen LogP contribution in [0, 0.1) is 0 Å². The number of carbonyl (C=O) groups excluding carboxylic acids is 1. The molecule has 0 aliphatic heterocycles. The molecule has 0 aromatic heterocycles. The molecule has 0 aliphatic rings. The van der Waals surface area contributed by atoms with Gasteiger partial charge in [-0.25, -0.2) is 13.2 Å². The first-order chi connectivity index (χ1) is 8.28. The van der Waals surface area contributed by atoms with Gasteiger partial charge in [0.15, 0.2) is 10.7 Å². The highest BCUT2D eigenvalue weighted by atomic mass is 32.2. The Morgan fingerprint density at radius 3 is 2.50 bits per heavy atom. The van der Waals surface area contributed by atoms with E-state index in [0.29, 0.717) is 5.56 Å². The first-order valence-electron chi connectivity index (χ1n) is 5.43. The van der Waals surface area contributed by atoms with E-state index in [9.17, 15) is 13.2 Å². The van der Waals surface area contributed by atoms with Crippen LogP contribution in [0.15, 0.2) is 35.2 Å². The summed E-state index contributed by atoms with van der Waals surface area (Å²) in [6.07, 6.45) is 2.80. The first kappa shape index (κ1) is 14.4. The Kier molecular flexibility index (Phi) is 4.67. The lowest BCUT2D eigenvalue weighted by Crippen LogP contribution is -2.22. The molecule has 0 fully saturated rings. The number of hydrogen-bond acceptors (Lipinski definition) is 4. The Balaban J connectivity index is 2.79. The summed E-state index contributed by atoms with van der Waals surface area (Å²) in [5, 5.41) is 0. The summed E-state index contributed by atoms with van der Waals surface area (Å²) in [6.45, 7) is 5.34. The van der Waals surface area contributed by atoms with Crippen LogP contribution in [0.5, 0.6) is 0 Å². The summed E-state index contributed by atoms with van der Waals surface area (Å²) < 4.78 is 26.7. The summed E-state index contributed by atoms with van der Waals surface area (Å²) >= 11 is 0. The van der Waals surface area contributed by atoms with E-state index in [-0.39, 0.29) is 4.90 Å². The zero-order valence-corrected chi connectivity index (χ0v) is 11.4. The molecule has 5 heteroatoms. The van der Waals surface area contributed by atoms with Crippen molar-refractivity contribution < 1.29 is 17.9 Å². The highest BCUT2D eigenvalue weighted by molar-refractivity contribution is 7.72. The highest BCUT2D eigenvalue weighted by Gasteiger charge is 2.13. The molecule has 1 aromatic rings. The van der Waals surface area contributed by atoms with Gasteiger partial charge in [0, 0.05) is 6.08 Å². The molecule has 1 aromatic carbocycles. The monoisotopic (exact) mass is 268 g/mol. The summed E-state index contributed by atoms with van der Waals surface area (Å²) in [7, 11) is -2.61. The maximum atomic E-state index is 11.4. The number of thiol groups is 1. The van der Waals surface area contributed by atoms with Gasteiger partial charge in [0.05, 0.1) is 4.90 Å². The average molecular weight is 268 g/mol. The van der Waals surface area contributed by atoms with Crippen molar-refractivity contribution in [3.8, 4) is 0 Å². The van der Waals surface area contributed by atoms with Gasteiger partial charge in [0.1, 0.15) is 5.60 Å². The first-order valence-corrected chi connectivity index (χ1v) is 6.61. The van der Waals surface area contributed by atoms with Crippen LogP contribution in [0.3, 0.4) is 0 Å². The van der Waals surface area contributed by atoms with Gasteiger partial charge in [0.25, 0.3) is 0 Å². The predicted octanol–water partition coefficient (Wildman–Crippen LogP) is 2.01. The van der Waals surface area contributed by atoms with Crippen molar-refractivity contribution in [3.05, 3.63) is 35.9 Å². The molecule has 0 aliphatic carbocycles. The molecule has 0 saturated carbocycles. The Morgan fingerprint density at radius 1 is 1.28 bits per heavy atom. The van der Waals surface area contributed by atoms with Crippen LogP contribution >= 0.6 is 0 Å². The molecule has 98 valence electrons. The maximum absolute atomic E-state index is 11.4. The van der Waals surface area contributed by atoms with Crippen LogP contribution in [0.1, 0.15) is 26.3 Å². The lowest BCUT2D eigenvalue weighted by molar-refractivity contribution is -0.148. The second kappa shape index (κ2) is 5.82. The Morgan fingerprint density at radius 2 is 1.94 bits per heavy atom. The van der Waals surface area contributed by atoms with Crippen LogP contribution in [0.4, 0.5) is 0 Å². The van der Waals surface area contributed by atoms with Crippen molar-refractivity contribution in [2.45, 2.75) is 31.3 Å². The SMILES string of the molecule is CC(C)(C)OC(=O)/C=C/c1cccc([SH](=O)=O)c1. The third kappa shape index (κ3) is 5.14. The topological polar surface area (TPSA) is 60.4 Å². The van der Waals surface area contributed by atoms with Crippen molar-refractivity contribution in [1.82, 2.24) is 0 Å². The minimum atomic E-state index is -2.61. The van der Waals surface area contributed by atoms with Gasteiger partial charge < -0.3 is 4.74 Å². The molecule has 0 atom stereocenters. The number of benzene rings is 1. The van der Waals surface area contributed by atoms with E-state index < -0.39 is 22.3 Å². The Bertz CT molecular complexity index is 528. The highest BCUT2D eigenvalue weighted by Crippen LogP contribution is 2.10. The fraction of sp³-hybridized carbons (Fsp3) is 0.308. The number of carbonyl (C=O) groups is 1. The molecule has 0 heterocycles. The largest absolute Gasteiger partial charge is 0.457 e. The van der Waals surface area contributed by atoms with Crippen LogP contribution in [-0.4, -0.2) is 20.0 Å². The molecule has 0 amide bonds. The number of rotatable bonds is 3. The Labute approximate surface area is 108 Å². The van der Waals surface area contributed by atoms with Crippen molar-refractivity contribution in [1.29, 1.82) is 0 Å². The van der Waals surface area contributed by atoms with Gasteiger partial charge in [-0.05, 0) is 44.5 Å². The summed E-state index contributed by atoms with van der Waals surface area (Å²) in [5.41, 5.74) is 0.0966. The minimum Gasteiger partial charge on any atom is -0.457 e. The average Bonchev–Trinajstić information content (AvgIpc) is 2.24. The second-order valence-corrected chi connectivity index (χ2v) is 5.75. The number of esters is 1. The maximum Gasteiger partial charge on any atom is 0.331 e. The van der Waals surface area contributed by atoms with Gasteiger partial charge in [-0.1, -0.05) is 12.1 Å². The molecule has 0 bridgehead atoms. The number of ether oxygens (including phenoxy) is 1. The molecule has 0 unspecified atom stereocenters. The molecule has 0 saturated heterocycles. The van der Waals surface area contributed by atoms with Crippen LogP contribution < -0.4 is 0 Å². The van der Waals surface area contributed by atoms with Crippen molar-refractivity contribution in [3.63, 3.8) is 0 Å². The van der Waals surface area contributed by atoms with Crippen LogP contribution in [-0.2, 0) is 20.2 Å². The van der Waals surface area contributed by atoms with Crippen molar-refractivity contribution >= 4 is 22.7 Å². The zero-order valence-electron chi connectivity index (χ0n) is 10.5. The van der Waals surface area contributed by atoms with Gasteiger partial charge in [-0.2, -0.15) is 0 Å². The smallest absolute Gasteiger partial charge is 0.331 e. The van der Waals surface area contributed by atoms with Gasteiger partial charge in [-0.3, -0.25) is 0 Å². The molecule has 4 nitrogen and oxygen atoms in total. The lowest BCUT2D eigenvalue weighted by atomic mass is 10.2. The normalized spacial score (nSPS) is 12.0. The van der Waals surface area contributed by atoms with Gasteiger partial charge >= 0.3 is 5.97 Å². The van der Waals surface area contributed by atoms with E-state index in [1.54, 1.807) is 32.9 Å². The molecular formula is C13H16O4S. The molecule has 1 rings (SSSR count). The Hall–Kier alpha value is -1.62. The molecule has 0 spiro atoms. The summed E-state index contributed by atoms with van der Waals surface area (Å²) in [5.74, 6) is -0.459. The summed E-state index contributed by atoms with van der Waals surface area (Å²) in [4.78, 5) is 11.6. The van der Waals surface area contributed by atoms with Crippen LogP contribution in [0.25, 0.3) is 6.08 Å².